The normalized spacial score (nSPS) is 14.2. The highest BCUT2D eigenvalue weighted by Gasteiger charge is 2.31. The molecule has 0 fully saturated rings. The van der Waals surface area contributed by atoms with E-state index in [0.717, 1.165) is 22.9 Å². The molecule has 1 aliphatic rings. The number of hydrogen-bond donors (Lipinski definition) is 2. The third-order valence-electron chi connectivity index (χ3n) is 6.07. The summed E-state index contributed by atoms with van der Waals surface area (Å²) >= 11 is 0. The number of aromatic nitrogens is 1. The van der Waals surface area contributed by atoms with Gasteiger partial charge in [0.25, 0.3) is 5.91 Å². The van der Waals surface area contributed by atoms with Gasteiger partial charge in [0.1, 0.15) is 6.04 Å². The predicted molar refractivity (Wildman–Crippen MR) is 122 cm³/mol. The molecule has 2 N–H and O–H groups in total. The van der Waals surface area contributed by atoms with Crippen LogP contribution in [0.5, 0.6) is 0 Å². The molecule has 0 radical (unpaired) electrons. The zero-order valence-corrected chi connectivity index (χ0v) is 17.9. The van der Waals surface area contributed by atoms with E-state index in [4.69, 9.17) is 4.42 Å². The van der Waals surface area contributed by atoms with Crippen molar-refractivity contribution in [3.8, 4) is 0 Å². The van der Waals surface area contributed by atoms with Crippen LogP contribution in [0.3, 0.4) is 0 Å². The second-order valence-electron chi connectivity index (χ2n) is 8.33. The van der Waals surface area contributed by atoms with Gasteiger partial charge in [0.15, 0.2) is 5.76 Å². The van der Waals surface area contributed by atoms with Gasteiger partial charge in [-0.15, -0.1) is 0 Å². The van der Waals surface area contributed by atoms with Gasteiger partial charge in [-0.1, -0.05) is 42.0 Å². The Kier molecular flexibility index (Phi) is 5.27. The Bertz CT molecular complexity index is 1260. The van der Waals surface area contributed by atoms with Gasteiger partial charge >= 0.3 is 0 Å². The minimum atomic E-state index is -0.677. The highest BCUT2D eigenvalue weighted by molar-refractivity contribution is 5.96. The fourth-order valence-electron chi connectivity index (χ4n) is 4.42. The van der Waals surface area contributed by atoms with Crippen LogP contribution in [-0.4, -0.2) is 34.3 Å². The third-order valence-corrected chi connectivity index (χ3v) is 6.07. The van der Waals surface area contributed by atoms with Gasteiger partial charge in [0, 0.05) is 48.1 Å². The summed E-state index contributed by atoms with van der Waals surface area (Å²) in [5.74, 6) is -0.269. The summed E-state index contributed by atoms with van der Waals surface area (Å²) in [4.78, 5) is 31.7. The van der Waals surface area contributed by atoms with Gasteiger partial charge in [-0.25, -0.2) is 0 Å². The minimum Gasteiger partial charge on any atom is -0.459 e. The largest absolute Gasteiger partial charge is 0.459 e. The number of carbonyl (C=O) groups is 2. The highest BCUT2D eigenvalue weighted by atomic mass is 16.3. The SMILES string of the molecule is Cc1ccc2[nH]c3c(c2c1)CN(C(=O)[C@H](Cc1ccccc1)NC(=O)c1ccco1)CC3. The van der Waals surface area contributed by atoms with Crippen molar-refractivity contribution in [2.75, 3.05) is 6.54 Å². The number of carbonyl (C=O) groups excluding carboxylic acids is 2. The zero-order valence-electron chi connectivity index (χ0n) is 17.9. The smallest absolute Gasteiger partial charge is 0.287 e. The van der Waals surface area contributed by atoms with Gasteiger partial charge in [0.05, 0.1) is 6.26 Å². The second kappa shape index (κ2) is 8.38. The molecule has 1 aliphatic heterocycles. The summed E-state index contributed by atoms with van der Waals surface area (Å²) in [7, 11) is 0. The molecule has 3 heterocycles. The number of fused-ring (bicyclic) bond motifs is 3. The van der Waals surface area contributed by atoms with Crippen molar-refractivity contribution in [1.82, 2.24) is 15.2 Å². The Balaban J connectivity index is 1.41. The standard InChI is InChI=1S/C26H25N3O3/c1-17-9-10-21-19(14-17)20-16-29(12-11-22(20)27-21)26(31)23(15-18-6-3-2-4-7-18)28-25(30)24-8-5-13-32-24/h2-10,13-14,23,27H,11-12,15-16H2,1H3,(H,28,30)/t23-/m0/s1. The van der Waals surface area contributed by atoms with Crippen molar-refractivity contribution in [1.29, 1.82) is 0 Å². The molecule has 2 amide bonds. The van der Waals surface area contributed by atoms with E-state index in [1.807, 2.05) is 35.2 Å². The van der Waals surface area contributed by atoms with Crippen molar-refractivity contribution in [2.24, 2.45) is 0 Å². The molecular formula is C26H25N3O3. The molecule has 6 heteroatoms. The van der Waals surface area contributed by atoms with Crippen molar-refractivity contribution < 1.29 is 14.0 Å². The van der Waals surface area contributed by atoms with Gasteiger partial charge in [-0.3, -0.25) is 9.59 Å². The number of furan rings is 1. The molecule has 0 saturated carbocycles. The topological polar surface area (TPSA) is 78.3 Å². The van der Waals surface area contributed by atoms with Crippen LogP contribution in [0.25, 0.3) is 10.9 Å². The second-order valence-corrected chi connectivity index (χ2v) is 8.33. The van der Waals surface area contributed by atoms with Crippen molar-refractivity contribution in [2.45, 2.75) is 32.4 Å². The Hall–Kier alpha value is -3.80. The number of nitrogens with one attached hydrogen (secondary N) is 2. The highest BCUT2D eigenvalue weighted by Crippen LogP contribution is 2.29. The van der Waals surface area contributed by atoms with E-state index in [9.17, 15) is 9.59 Å². The number of aromatic amines is 1. The van der Waals surface area contributed by atoms with Crippen LogP contribution < -0.4 is 5.32 Å². The fraction of sp³-hybridized carbons (Fsp3) is 0.231. The predicted octanol–water partition coefficient (Wildman–Crippen LogP) is 4.00. The molecule has 32 heavy (non-hydrogen) atoms. The monoisotopic (exact) mass is 427 g/mol. The van der Waals surface area contributed by atoms with Crippen molar-refractivity contribution in [3.05, 3.63) is 95.1 Å². The van der Waals surface area contributed by atoms with Crippen LogP contribution >= 0.6 is 0 Å². The maximum Gasteiger partial charge on any atom is 0.287 e. The molecule has 0 saturated heterocycles. The summed E-state index contributed by atoms with van der Waals surface area (Å²) in [6, 6.07) is 18.7. The lowest BCUT2D eigenvalue weighted by molar-refractivity contribution is -0.134. The summed E-state index contributed by atoms with van der Waals surface area (Å²) < 4.78 is 5.23. The maximum absolute atomic E-state index is 13.6. The van der Waals surface area contributed by atoms with Crippen LogP contribution in [0.1, 0.15) is 32.9 Å². The summed E-state index contributed by atoms with van der Waals surface area (Å²) in [5.41, 5.74) is 5.64. The lowest BCUT2D eigenvalue weighted by atomic mass is 10.0. The number of amides is 2. The summed E-state index contributed by atoms with van der Waals surface area (Å²) in [6.07, 6.45) is 2.63. The average molecular weight is 428 g/mol. The molecule has 4 aromatic rings. The zero-order chi connectivity index (χ0) is 22.1. The van der Waals surface area contributed by atoms with Gasteiger partial charge in [0.2, 0.25) is 5.91 Å². The first-order valence-corrected chi connectivity index (χ1v) is 10.9. The van der Waals surface area contributed by atoms with Crippen LogP contribution in [-0.2, 0) is 24.2 Å². The van der Waals surface area contributed by atoms with E-state index in [1.165, 1.54) is 23.1 Å². The Labute approximate surface area is 186 Å². The molecule has 0 bridgehead atoms. The Morgan fingerprint density at radius 2 is 1.97 bits per heavy atom. The van der Waals surface area contributed by atoms with Gasteiger partial charge in [-0.2, -0.15) is 0 Å². The quantitative estimate of drug-likeness (QED) is 0.505. The lowest BCUT2D eigenvalue weighted by Gasteiger charge is -2.31. The van der Waals surface area contributed by atoms with Crippen LogP contribution in [0.4, 0.5) is 0 Å². The number of nitrogens with zero attached hydrogens (tertiary/aromatic N) is 1. The fourth-order valence-corrected chi connectivity index (χ4v) is 4.42. The number of hydrogen-bond acceptors (Lipinski definition) is 3. The van der Waals surface area contributed by atoms with Crippen molar-refractivity contribution in [3.63, 3.8) is 0 Å². The Morgan fingerprint density at radius 1 is 1.12 bits per heavy atom. The number of aryl methyl sites for hydroxylation is 1. The van der Waals surface area contributed by atoms with Crippen LogP contribution in [0.2, 0.25) is 0 Å². The maximum atomic E-state index is 13.6. The van der Waals surface area contributed by atoms with E-state index < -0.39 is 6.04 Å². The first kappa shape index (κ1) is 20.1. The summed E-state index contributed by atoms with van der Waals surface area (Å²) in [5, 5.41) is 4.06. The molecule has 162 valence electrons. The molecule has 2 aromatic heterocycles. The first-order valence-electron chi connectivity index (χ1n) is 10.9. The Morgan fingerprint density at radius 3 is 2.75 bits per heavy atom. The van der Waals surface area contributed by atoms with E-state index in [0.29, 0.717) is 19.5 Å². The lowest BCUT2D eigenvalue weighted by Crippen LogP contribution is -2.50. The summed E-state index contributed by atoms with van der Waals surface area (Å²) in [6.45, 7) is 3.21. The first-order chi connectivity index (χ1) is 15.6. The van der Waals surface area contributed by atoms with Gasteiger partial charge in [-0.05, 0) is 36.8 Å². The molecular weight excluding hydrogens is 402 g/mol. The molecule has 5 rings (SSSR count). The van der Waals surface area contributed by atoms with Crippen molar-refractivity contribution >= 4 is 22.7 Å². The van der Waals surface area contributed by atoms with Crippen LogP contribution in [0.15, 0.2) is 71.3 Å². The van der Waals surface area contributed by atoms with Gasteiger partial charge < -0.3 is 19.6 Å². The number of benzene rings is 2. The molecule has 0 spiro atoms. The van der Waals surface area contributed by atoms with Crippen LogP contribution in [0, 0.1) is 6.92 Å². The molecule has 2 aromatic carbocycles. The minimum absolute atomic E-state index is 0.0820. The average Bonchev–Trinajstić information content (AvgIpc) is 3.47. The third kappa shape index (κ3) is 3.91. The number of H-pyrrole nitrogens is 1. The van der Waals surface area contributed by atoms with E-state index in [-0.39, 0.29) is 17.6 Å². The van der Waals surface area contributed by atoms with E-state index in [2.05, 4.69) is 35.4 Å². The number of rotatable bonds is 5. The van der Waals surface area contributed by atoms with E-state index >= 15 is 0 Å². The molecule has 6 nitrogen and oxygen atoms in total. The van der Waals surface area contributed by atoms with E-state index in [1.54, 1.807) is 12.1 Å². The molecule has 1 atom stereocenters. The molecule has 0 aliphatic carbocycles. The molecule has 0 unspecified atom stereocenters.